The first-order chi connectivity index (χ1) is 12.7. The molecule has 0 unspecified atom stereocenters. The van der Waals surface area contributed by atoms with Crippen LogP contribution in [-0.2, 0) is 4.79 Å². The van der Waals surface area contributed by atoms with Crippen molar-refractivity contribution < 1.29 is 4.79 Å². The highest BCUT2D eigenvalue weighted by atomic mass is 32.2. The largest absolute Gasteiger partial charge is 0.352 e. The number of hydrogen-bond donors (Lipinski definition) is 1. The van der Waals surface area contributed by atoms with Crippen LogP contribution in [0.2, 0.25) is 0 Å². The highest BCUT2D eigenvalue weighted by molar-refractivity contribution is 7.99. The molecule has 4 aliphatic rings. The first kappa shape index (κ1) is 16.4. The number of benzene rings is 1. The van der Waals surface area contributed by atoms with Gasteiger partial charge in [-0.3, -0.25) is 4.79 Å². The number of nitrogens with zero attached hydrogens (tertiary/aromatic N) is 3. The molecule has 136 valence electrons. The number of carbonyl (C=O) groups excluding carboxylic acids is 1. The van der Waals surface area contributed by atoms with E-state index in [0.717, 1.165) is 29.4 Å². The predicted octanol–water partition coefficient (Wildman–Crippen LogP) is 3.30. The first-order valence-electron chi connectivity index (χ1n) is 9.64. The maximum absolute atomic E-state index is 12.5. The van der Waals surface area contributed by atoms with Gasteiger partial charge in [0.25, 0.3) is 0 Å². The summed E-state index contributed by atoms with van der Waals surface area (Å²) in [5.41, 5.74) is 0.977. The van der Waals surface area contributed by atoms with E-state index in [1.165, 1.54) is 43.9 Å². The van der Waals surface area contributed by atoms with Crippen LogP contribution in [0, 0.1) is 23.7 Å². The summed E-state index contributed by atoms with van der Waals surface area (Å²) in [7, 11) is 0. The summed E-state index contributed by atoms with van der Waals surface area (Å²) in [4.78, 5) is 16.8. The van der Waals surface area contributed by atoms with Gasteiger partial charge >= 0.3 is 0 Å². The van der Waals surface area contributed by atoms with E-state index >= 15 is 0 Å². The Morgan fingerprint density at radius 1 is 1.08 bits per heavy atom. The van der Waals surface area contributed by atoms with Gasteiger partial charge in [0.2, 0.25) is 11.1 Å². The van der Waals surface area contributed by atoms with Crippen molar-refractivity contribution in [3.05, 3.63) is 36.7 Å². The fourth-order valence-corrected chi connectivity index (χ4v) is 6.15. The lowest BCUT2D eigenvalue weighted by Gasteiger charge is -2.54. The van der Waals surface area contributed by atoms with Crippen molar-refractivity contribution >= 4 is 17.7 Å². The SMILES string of the molecule is O=C(CSc1ncn(-c2ccccc2)n1)NC1C2CC3CC(C2)CC1C3. The lowest BCUT2D eigenvalue weighted by Crippen LogP contribution is -2.56. The molecular weight excluding hydrogens is 344 g/mol. The number of thioether (sulfide) groups is 1. The lowest BCUT2D eigenvalue weighted by atomic mass is 9.54. The molecule has 26 heavy (non-hydrogen) atoms. The van der Waals surface area contributed by atoms with Gasteiger partial charge in [-0.1, -0.05) is 30.0 Å². The molecule has 1 heterocycles. The second-order valence-electron chi connectivity index (χ2n) is 8.12. The molecule has 6 rings (SSSR count). The zero-order chi connectivity index (χ0) is 17.5. The number of hydrogen-bond acceptors (Lipinski definition) is 4. The Balaban J connectivity index is 1.16. The number of aromatic nitrogens is 3. The van der Waals surface area contributed by atoms with Crippen LogP contribution in [0.1, 0.15) is 32.1 Å². The minimum atomic E-state index is 0.128. The Kier molecular flexibility index (Phi) is 4.23. The van der Waals surface area contributed by atoms with E-state index < -0.39 is 0 Å². The average molecular weight is 369 g/mol. The summed E-state index contributed by atoms with van der Waals surface area (Å²) in [6.07, 6.45) is 8.46. The average Bonchev–Trinajstić information content (AvgIpc) is 3.12. The zero-order valence-electron chi connectivity index (χ0n) is 14.8. The van der Waals surface area contributed by atoms with Gasteiger partial charge in [0.1, 0.15) is 6.33 Å². The third-order valence-electron chi connectivity index (χ3n) is 6.38. The summed E-state index contributed by atoms with van der Waals surface area (Å²) in [5, 5.41) is 8.46. The minimum Gasteiger partial charge on any atom is -0.352 e. The Bertz CT molecular complexity index is 762. The molecule has 1 amide bonds. The summed E-state index contributed by atoms with van der Waals surface area (Å²) in [5.74, 6) is 3.83. The van der Waals surface area contributed by atoms with Crippen molar-refractivity contribution in [2.24, 2.45) is 23.7 Å². The molecule has 0 aliphatic heterocycles. The maximum atomic E-state index is 12.5. The van der Waals surface area contributed by atoms with Gasteiger partial charge < -0.3 is 5.32 Å². The van der Waals surface area contributed by atoms with Crippen molar-refractivity contribution in [3.63, 3.8) is 0 Å². The number of rotatable bonds is 5. The molecule has 4 bridgehead atoms. The summed E-state index contributed by atoms with van der Waals surface area (Å²) in [6, 6.07) is 10.3. The van der Waals surface area contributed by atoms with E-state index in [-0.39, 0.29) is 5.91 Å². The van der Waals surface area contributed by atoms with Gasteiger partial charge in [-0.15, -0.1) is 5.10 Å². The van der Waals surface area contributed by atoms with Gasteiger partial charge in [-0.05, 0) is 67.9 Å². The minimum absolute atomic E-state index is 0.128. The summed E-state index contributed by atoms with van der Waals surface area (Å²) in [6.45, 7) is 0. The number of carbonyl (C=O) groups is 1. The third kappa shape index (κ3) is 3.15. The molecule has 4 fully saturated rings. The van der Waals surface area contributed by atoms with E-state index in [0.29, 0.717) is 17.0 Å². The number of amides is 1. The van der Waals surface area contributed by atoms with Gasteiger partial charge in [0, 0.05) is 6.04 Å². The van der Waals surface area contributed by atoms with E-state index in [1.807, 2.05) is 30.3 Å². The Morgan fingerprint density at radius 3 is 2.46 bits per heavy atom. The molecule has 5 nitrogen and oxygen atoms in total. The van der Waals surface area contributed by atoms with Crippen LogP contribution in [-0.4, -0.2) is 32.5 Å². The van der Waals surface area contributed by atoms with Crippen LogP contribution in [0.15, 0.2) is 41.8 Å². The molecule has 0 radical (unpaired) electrons. The Labute approximate surface area is 158 Å². The number of nitrogens with one attached hydrogen (secondary N) is 1. The molecule has 1 aromatic heterocycles. The van der Waals surface area contributed by atoms with Crippen molar-refractivity contribution in [2.75, 3.05) is 5.75 Å². The first-order valence-corrected chi connectivity index (χ1v) is 10.6. The molecule has 4 aliphatic carbocycles. The smallest absolute Gasteiger partial charge is 0.230 e. The molecule has 0 atom stereocenters. The summed E-state index contributed by atoms with van der Waals surface area (Å²) >= 11 is 1.41. The van der Waals surface area contributed by atoms with Crippen molar-refractivity contribution in [2.45, 2.75) is 43.3 Å². The highest BCUT2D eigenvalue weighted by Crippen LogP contribution is 2.53. The molecule has 0 spiro atoms. The summed E-state index contributed by atoms with van der Waals surface area (Å²) < 4.78 is 1.75. The monoisotopic (exact) mass is 368 g/mol. The molecule has 2 aromatic rings. The van der Waals surface area contributed by atoms with Gasteiger partial charge in [0.05, 0.1) is 11.4 Å². The van der Waals surface area contributed by atoms with Crippen LogP contribution in [0.4, 0.5) is 0 Å². The lowest BCUT2D eigenvalue weighted by molar-refractivity contribution is -0.122. The van der Waals surface area contributed by atoms with Crippen LogP contribution in [0.5, 0.6) is 0 Å². The van der Waals surface area contributed by atoms with E-state index in [4.69, 9.17) is 0 Å². The van der Waals surface area contributed by atoms with Crippen molar-refractivity contribution in [1.29, 1.82) is 0 Å². The second kappa shape index (κ2) is 6.72. The van der Waals surface area contributed by atoms with Gasteiger partial charge in [-0.2, -0.15) is 0 Å². The second-order valence-corrected chi connectivity index (χ2v) is 9.06. The van der Waals surface area contributed by atoms with E-state index in [9.17, 15) is 4.79 Å². The number of para-hydroxylation sites is 1. The Morgan fingerprint density at radius 2 is 1.77 bits per heavy atom. The van der Waals surface area contributed by atoms with Gasteiger partial charge in [-0.25, -0.2) is 9.67 Å². The van der Waals surface area contributed by atoms with Crippen LogP contribution < -0.4 is 5.32 Å². The quantitative estimate of drug-likeness (QED) is 0.823. The van der Waals surface area contributed by atoms with E-state index in [1.54, 1.807) is 11.0 Å². The van der Waals surface area contributed by atoms with Crippen LogP contribution >= 0.6 is 11.8 Å². The molecule has 0 saturated heterocycles. The molecule has 6 heteroatoms. The molecule has 1 N–H and O–H groups in total. The molecular formula is C20H24N4OS. The zero-order valence-corrected chi connectivity index (χ0v) is 15.6. The Hall–Kier alpha value is -1.82. The van der Waals surface area contributed by atoms with Gasteiger partial charge in [0.15, 0.2) is 0 Å². The fourth-order valence-electron chi connectivity index (χ4n) is 5.54. The third-order valence-corrected chi connectivity index (χ3v) is 7.23. The van der Waals surface area contributed by atoms with Crippen molar-refractivity contribution in [1.82, 2.24) is 20.1 Å². The van der Waals surface area contributed by atoms with E-state index in [2.05, 4.69) is 15.4 Å². The van der Waals surface area contributed by atoms with Crippen LogP contribution in [0.25, 0.3) is 5.69 Å². The maximum Gasteiger partial charge on any atom is 0.230 e. The van der Waals surface area contributed by atoms with Crippen LogP contribution in [0.3, 0.4) is 0 Å². The predicted molar refractivity (Wildman–Crippen MR) is 101 cm³/mol. The standard InChI is InChI=1S/C20H24N4OS/c25-18(22-19-15-7-13-6-14(9-15)10-16(19)8-13)11-26-20-21-12-24(23-20)17-4-2-1-3-5-17/h1-5,12-16,19H,6-11H2,(H,22,25). The van der Waals surface area contributed by atoms with Crippen molar-refractivity contribution in [3.8, 4) is 5.69 Å². The molecule has 4 saturated carbocycles. The highest BCUT2D eigenvalue weighted by Gasteiger charge is 2.48. The topological polar surface area (TPSA) is 59.8 Å². The molecule has 1 aromatic carbocycles. The fraction of sp³-hybridized carbons (Fsp3) is 0.550. The normalized spacial score (nSPS) is 31.9.